The summed E-state index contributed by atoms with van der Waals surface area (Å²) in [5, 5.41) is 2.95. The number of nitrogens with zero attached hydrogens (tertiary/aromatic N) is 2. The van der Waals surface area contributed by atoms with Crippen LogP contribution >= 0.6 is 0 Å². The van der Waals surface area contributed by atoms with Crippen molar-refractivity contribution in [2.75, 3.05) is 26.2 Å². The Bertz CT molecular complexity index is 642. The molecule has 3 amide bonds. The number of ether oxygens (including phenoxy) is 1. The van der Waals surface area contributed by atoms with Crippen molar-refractivity contribution < 1.29 is 19.1 Å². The topological polar surface area (TPSA) is 79.0 Å². The van der Waals surface area contributed by atoms with Gasteiger partial charge in [0, 0.05) is 26.1 Å². The highest BCUT2D eigenvalue weighted by molar-refractivity contribution is 5.84. The highest BCUT2D eigenvalue weighted by Crippen LogP contribution is 2.18. The molecule has 0 bridgehead atoms. The van der Waals surface area contributed by atoms with Crippen molar-refractivity contribution in [2.45, 2.75) is 45.7 Å². The first kappa shape index (κ1) is 20.7. The minimum absolute atomic E-state index is 0.0244. The molecule has 1 unspecified atom stereocenters. The van der Waals surface area contributed by atoms with E-state index in [4.69, 9.17) is 4.74 Å². The molecule has 1 fully saturated rings. The standard InChI is InChI=1S/C20H29N3O4/c1-4-27-20(26)22-12-10-18(11-13-22)23(16(3)24)14-19(25)21-15(2)17-8-6-5-7-9-17/h5-9,15,18H,4,10-14H2,1-3H3,(H,21,25). The maximum Gasteiger partial charge on any atom is 0.409 e. The predicted octanol–water partition coefficient (Wildman–Crippen LogP) is 2.33. The Kier molecular flexibility index (Phi) is 7.64. The van der Waals surface area contributed by atoms with Crippen molar-refractivity contribution in [1.82, 2.24) is 15.1 Å². The first-order valence-electron chi connectivity index (χ1n) is 9.45. The van der Waals surface area contributed by atoms with E-state index in [1.165, 1.54) is 6.92 Å². The Morgan fingerprint density at radius 2 is 1.85 bits per heavy atom. The van der Waals surface area contributed by atoms with Crippen molar-refractivity contribution in [3.8, 4) is 0 Å². The van der Waals surface area contributed by atoms with Gasteiger partial charge in [0.1, 0.15) is 0 Å². The molecule has 1 aromatic rings. The fourth-order valence-corrected chi connectivity index (χ4v) is 3.34. The van der Waals surface area contributed by atoms with Crippen molar-refractivity contribution in [3.05, 3.63) is 35.9 Å². The molecule has 2 rings (SSSR count). The van der Waals surface area contributed by atoms with E-state index >= 15 is 0 Å². The van der Waals surface area contributed by atoms with E-state index in [0.29, 0.717) is 32.5 Å². The van der Waals surface area contributed by atoms with Gasteiger partial charge in [-0.15, -0.1) is 0 Å². The van der Waals surface area contributed by atoms with Gasteiger partial charge in [-0.2, -0.15) is 0 Å². The van der Waals surface area contributed by atoms with Gasteiger partial charge >= 0.3 is 6.09 Å². The van der Waals surface area contributed by atoms with Gasteiger partial charge in [0.05, 0.1) is 19.2 Å². The zero-order chi connectivity index (χ0) is 19.8. The minimum Gasteiger partial charge on any atom is -0.450 e. The number of carbonyl (C=O) groups is 3. The molecule has 148 valence electrons. The Hall–Kier alpha value is -2.57. The number of piperidine rings is 1. The van der Waals surface area contributed by atoms with E-state index in [0.717, 1.165) is 5.56 Å². The van der Waals surface area contributed by atoms with Gasteiger partial charge in [-0.25, -0.2) is 4.79 Å². The van der Waals surface area contributed by atoms with Gasteiger partial charge in [0.25, 0.3) is 0 Å². The van der Waals surface area contributed by atoms with Crippen molar-refractivity contribution in [3.63, 3.8) is 0 Å². The molecule has 1 aliphatic rings. The Labute approximate surface area is 160 Å². The Morgan fingerprint density at radius 3 is 2.41 bits per heavy atom. The Balaban J connectivity index is 1.89. The molecule has 0 radical (unpaired) electrons. The molecule has 0 aliphatic carbocycles. The van der Waals surface area contributed by atoms with Crippen LogP contribution in [0.5, 0.6) is 0 Å². The lowest BCUT2D eigenvalue weighted by Crippen LogP contribution is -2.51. The first-order chi connectivity index (χ1) is 12.9. The van der Waals surface area contributed by atoms with Crippen LogP contribution in [-0.4, -0.2) is 60.0 Å². The molecule has 0 aromatic heterocycles. The number of likely N-dealkylation sites (tertiary alicyclic amines) is 1. The summed E-state index contributed by atoms with van der Waals surface area (Å²) in [7, 11) is 0. The molecule has 1 N–H and O–H groups in total. The van der Waals surface area contributed by atoms with E-state index < -0.39 is 0 Å². The fourth-order valence-electron chi connectivity index (χ4n) is 3.34. The average Bonchev–Trinajstić information content (AvgIpc) is 2.67. The SMILES string of the molecule is CCOC(=O)N1CCC(N(CC(=O)NC(C)c2ccccc2)C(C)=O)CC1. The minimum atomic E-state index is -0.320. The molecule has 1 aliphatic heterocycles. The van der Waals surface area contributed by atoms with Crippen molar-refractivity contribution in [1.29, 1.82) is 0 Å². The van der Waals surface area contributed by atoms with Crippen molar-refractivity contribution in [2.24, 2.45) is 0 Å². The second-order valence-electron chi connectivity index (χ2n) is 6.76. The second kappa shape index (κ2) is 9.94. The van der Waals surface area contributed by atoms with Gasteiger partial charge in [0.2, 0.25) is 11.8 Å². The normalized spacial score (nSPS) is 15.7. The maximum absolute atomic E-state index is 12.5. The summed E-state index contributed by atoms with van der Waals surface area (Å²) in [6, 6.07) is 9.52. The van der Waals surface area contributed by atoms with Crippen molar-refractivity contribution >= 4 is 17.9 Å². The number of hydrogen-bond acceptors (Lipinski definition) is 4. The van der Waals surface area contributed by atoms with Gasteiger partial charge in [-0.05, 0) is 32.3 Å². The highest BCUT2D eigenvalue weighted by atomic mass is 16.6. The number of amides is 3. The molecule has 27 heavy (non-hydrogen) atoms. The highest BCUT2D eigenvalue weighted by Gasteiger charge is 2.30. The molecular formula is C20H29N3O4. The summed E-state index contributed by atoms with van der Waals surface area (Å²) in [5.74, 6) is -0.318. The van der Waals surface area contributed by atoms with Crippen LogP contribution in [0.1, 0.15) is 45.2 Å². The monoisotopic (exact) mass is 375 g/mol. The third-order valence-corrected chi connectivity index (χ3v) is 4.83. The van der Waals surface area contributed by atoms with Crippen LogP contribution in [0.2, 0.25) is 0 Å². The molecule has 1 saturated heterocycles. The number of hydrogen-bond donors (Lipinski definition) is 1. The third kappa shape index (κ3) is 5.98. The van der Waals surface area contributed by atoms with Gasteiger partial charge in [-0.1, -0.05) is 30.3 Å². The zero-order valence-corrected chi connectivity index (χ0v) is 16.3. The molecule has 0 saturated carbocycles. The van der Waals surface area contributed by atoms with E-state index in [2.05, 4.69) is 5.32 Å². The van der Waals surface area contributed by atoms with E-state index in [1.54, 1.807) is 16.7 Å². The van der Waals surface area contributed by atoms with E-state index in [1.807, 2.05) is 37.3 Å². The summed E-state index contributed by atoms with van der Waals surface area (Å²) in [6.07, 6.45) is 0.958. The van der Waals surface area contributed by atoms with E-state index in [-0.39, 0.29) is 36.5 Å². The lowest BCUT2D eigenvalue weighted by Gasteiger charge is -2.37. The maximum atomic E-state index is 12.5. The largest absolute Gasteiger partial charge is 0.450 e. The van der Waals surface area contributed by atoms with E-state index in [9.17, 15) is 14.4 Å². The van der Waals surface area contributed by atoms with Crippen LogP contribution < -0.4 is 5.32 Å². The summed E-state index contributed by atoms with van der Waals surface area (Å²) in [4.78, 5) is 39.6. The molecular weight excluding hydrogens is 346 g/mol. The lowest BCUT2D eigenvalue weighted by atomic mass is 10.0. The smallest absolute Gasteiger partial charge is 0.409 e. The molecule has 7 nitrogen and oxygen atoms in total. The predicted molar refractivity (Wildman–Crippen MR) is 102 cm³/mol. The number of carbonyl (C=O) groups excluding carboxylic acids is 3. The van der Waals surface area contributed by atoms with Crippen LogP contribution in [0.3, 0.4) is 0 Å². The fraction of sp³-hybridized carbons (Fsp3) is 0.550. The Morgan fingerprint density at radius 1 is 1.22 bits per heavy atom. The van der Waals surface area contributed by atoms with Crippen LogP contribution in [0.25, 0.3) is 0 Å². The van der Waals surface area contributed by atoms with Gasteiger partial charge in [-0.3, -0.25) is 9.59 Å². The molecule has 7 heteroatoms. The quantitative estimate of drug-likeness (QED) is 0.828. The average molecular weight is 375 g/mol. The second-order valence-corrected chi connectivity index (χ2v) is 6.76. The number of benzene rings is 1. The number of nitrogens with one attached hydrogen (secondary N) is 1. The lowest BCUT2D eigenvalue weighted by molar-refractivity contribution is -0.137. The van der Waals surface area contributed by atoms with Crippen LogP contribution in [0, 0.1) is 0 Å². The van der Waals surface area contributed by atoms with Crippen LogP contribution in [0.4, 0.5) is 4.79 Å². The van der Waals surface area contributed by atoms with Gasteiger partial charge < -0.3 is 19.9 Å². The molecule has 0 spiro atoms. The summed E-state index contributed by atoms with van der Waals surface area (Å²) < 4.78 is 5.02. The molecule has 1 atom stereocenters. The zero-order valence-electron chi connectivity index (χ0n) is 16.3. The third-order valence-electron chi connectivity index (χ3n) is 4.83. The first-order valence-corrected chi connectivity index (χ1v) is 9.45. The summed E-state index contributed by atoms with van der Waals surface area (Å²) in [6.45, 7) is 6.59. The molecule has 1 heterocycles. The molecule has 1 aromatic carbocycles. The number of rotatable bonds is 6. The van der Waals surface area contributed by atoms with Crippen LogP contribution in [0.15, 0.2) is 30.3 Å². The van der Waals surface area contributed by atoms with Crippen LogP contribution in [-0.2, 0) is 14.3 Å². The summed E-state index contributed by atoms with van der Waals surface area (Å²) in [5.41, 5.74) is 1.02. The summed E-state index contributed by atoms with van der Waals surface area (Å²) >= 11 is 0. The van der Waals surface area contributed by atoms with Gasteiger partial charge in [0.15, 0.2) is 0 Å².